The first kappa shape index (κ1) is 16.5. The van der Waals surface area contributed by atoms with Gasteiger partial charge < -0.3 is 10.1 Å². The maximum Gasteiger partial charge on any atom is 0.255 e. The fraction of sp³-hybridized carbons (Fsp3) is 0.0476. The zero-order chi connectivity index (χ0) is 17.6. The monoisotopic (exact) mass is 331 g/mol. The molecular weight excluding hydrogens is 314 g/mol. The highest BCUT2D eigenvalue weighted by Gasteiger charge is 2.08. The Hall–Kier alpha value is -3.40. The molecule has 1 amide bonds. The van der Waals surface area contributed by atoms with E-state index in [4.69, 9.17) is 4.74 Å². The maximum atomic E-state index is 12.3. The van der Waals surface area contributed by atoms with Gasteiger partial charge in [-0.05, 0) is 55.5 Å². The molecule has 0 unspecified atom stereocenters. The standard InChI is InChI=1S/C21H17NO3/c1-15(23)17-6-5-7-18(14-17)22-21(24)16-10-12-20(13-11-16)25-19-8-3-2-4-9-19/h2-14H,1H3,(H,22,24). The predicted octanol–water partition coefficient (Wildman–Crippen LogP) is 4.93. The van der Waals surface area contributed by atoms with Crippen LogP contribution in [-0.2, 0) is 0 Å². The number of nitrogens with one attached hydrogen (secondary N) is 1. The van der Waals surface area contributed by atoms with Gasteiger partial charge in [-0.2, -0.15) is 0 Å². The van der Waals surface area contributed by atoms with Crippen molar-refractivity contribution in [2.45, 2.75) is 6.92 Å². The lowest BCUT2D eigenvalue weighted by atomic mass is 10.1. The number of carbonyl (C=O) groups is 2. The second-order valence-electron chi connectivity index (χ2n) is 5.53. The van der Waals surface area contributed by atoms with Crippen LogP contribution in [0.15, 0.2) is 78.9 Å². The van der Waals surface area contributed by atoms with Crippen molar-refractivity contribution >= 4 is 17.4 Å². The Balaban J connectivity index is 1.68. The first-order valence-corrected chi connectivity index (χ1v) is 7.87. The van der Waals surface area contributed by atoms with Gasteiger partial charge in [0, 0.05) is 16.8 Å². The van der Waals surface area contributed by atoms with E-state index >= 15 is 0 Å². The quantitative estimate of drug-likeness (QED) is 0.674. The van der Waals surface area contributed by atoms with Gasteiger partial charge in [-0.25, -0.2) is 0 Å². The minimum Gasteiger partial charge on any atom is -0.457 e. The van der Waals surface area contributed by atoms with E-state index in [1.807, 2.05) is 30.3 Å². The normalized spacial score (nSPS) is 10.1. The summed E-state index contributed by atoms with van der Waals surface area (Å²) in [6.45, 7) is 1.49. The first-order chi connectivity index (χ1) is 12.1. The van der Waals surface area contributed by atoms with Crippen molar-refractivity contribution in [3.05, 3.63) is 90.0 Å². The molecule has 0 aromatic heterocycles. The third kappa shape index (κ3) is 4.32. The van der Waals surface area contributed by atoms with Crippen LogP contribution in [0.5, 0.6) is 11.5 Å². The van der Waals surface area contributed by atoms with Crippen LogP contribution in [0.25, 0.3) is 0 Å². The van der Waals surface area contributed by atoms with Gasteiger partial charge in [-0.3, -0.25) is 9.59 Å². The second kappa shape index (κ2) is 7.45. The van der Waals surface area contributed by atoms with E-state index in [0.29, 0.717) is 22.6 Å². The van der Waals surface area contributed by atoms with E-state index in [2.05, 4.69) is 5.32 Å². The van der Waals surface area contributed by atoms with E-state index in [0.717, 1.165) is 5.75 Å². The number of amides is 1. The smallest absolute Gasteiger partial charge is 0.255 e. The molecule has 3 aromatic carbocycles. The molecule has 25 heavy (non-hydrogen) atoms. The predicted molar refractivity (Wildman–Crippen MR) is 97.4 cm³/mol. The Bertz CT molecular complexity index is 887. The minimum atomic E-state index is -0.244. The number of ether oxygens (including phenoxy) is 1. The SMILES string of the molecule is CC(=O)c1cccc(NC(=O)c2ccc(Oc3ccccc3)cc2)c1. The van der Waals surface area contributed by atoms with E-state index < -0.39 is 0 Å². The van der Waals surface area contributed by atoms with Crippen LogP contribution in [0, 0.1) is 0 Å². The molecule has 0 aliphatic carbocycles. The fourth-order valence-corrected chi connectivity index (χ4v) is 2.32. The Kier molecular flexibility index (Phi) is 4.90. The Labute approximate surface area is 146 Å². The van der Waals surface area contributed by atoms with Crippen molar-refractivity contribution < 1.29 is 14.3 Å². The number of rotatable bonds is 5. The number of ketones is 1. The molecule has 0 saturated carbocycles. The zero-order valence-corrected chi connectivity index (χ0v) is 13.7. The molecule has 0 spiro atoms. The van der Waals surface area contributed by atoms with Crippen LogP contribution in [0.3, 0.4) is 0 Å². The van der Waals surface area contributed by atoms with Gasteiger partial charge in [-0.1, -0.05) is 30.3 Å². The number of hydrogen-bond acceptors (Lipinski definition) is 3. The van der Waals surface area contributed by atoms with Crippen molar-refractivity contribution in [1.82, 2.24) is 0 Å². The number of hydrogen-bond donors (Lipinski definition) is 1. The van der Waals surface area contributed by atoms with Crippen molar-refractivity contribution in [3.8, 4) is 11.5 Å². The molecular formula is C21H17NO3. The molecule has 3 aromatic rings. The number of benzene rings is 3. The van der Waals surface area contributed by atoms with E-state index in [1.165, 1.54) is 6.92 Å². The lowest BCUT2D eigenvalue weighted by Gasteiger charge is -2.08. The van der Waals surface area contributed by atoms with Crippen LogP contribution in [-0.4, -0.2) is 11.7 Å². The van der Waals surface area contributed by atoms with Gasteiger partial charge in [0.15, 0.2) is 5.78 Å². The van der Waals surface area contributed by atoms with E-state index in [-0.39, 0.29) is 11.7 Å². The summed E-state index contributed by atoms with van der Waals surface area (Å²) in [4.78, 5) is 23.7. The maximum absolute atomic E-state index is 12.3. The Morgan fingerprint density at radius 2 is 1.44 bits per heavy atom. The molecule has 4 heteroatoms. The van der Waals surface area contributed by atoms with Crippen molar-refractivity contribution in [1.29, 1.82) is 0 Å². The Morgan fingerprint density at radius 1 is 0.760 bits per heavy atom. The number of anilines is 1. The summed E-state index contributed by atoms with van der Waals surface area (Å²) < 4.78 is 5.70. The van der Waals surface area contributed by atoms with Gasteiger partial charge >= 0.3 is 0 Å². The van der Waals surface area contributed by atoms with E-state index in [1.54, 1.807) is 48.5 Å². The van der Waals surface area contributed by atoms with Crippen molar-refractivity contribution in [2.24, 2.45) is 0 Å². The summed E-state index contributed by atoms with van der Waals surface area (Å²) in [7, 11) is 0. The van der Waals surface area contributed by atoms with Gasteiger partial charge in [0.1, 0.15) is 11.5 Å². The number of Topliss-reactive ketones (excluding diaryl/α,β-unsaturated/α-hetero) is 1. The first-order valence-electron chi connectivity index (χ1n) is 7.87. The largest absolute Gasteiger partial charge is 0.457 e. The third-order valence-electron chi connectivity index (χ3n) is 3.62. The van der Waals surface area contributed by atoms with Gasteiger partial charge in [0.2, 0.25) is 0 Å². The molecule has 0 radical (unpaired) electrons. The van der Waals surface area contributed by atoms with Gasteiger partial charge in [0.05, 0.1) is 0 Å². The summed E-state index contributed by atoms with van der Waals surface area (Å²) in [6, 6.07) is 23.2. The van der Waals surface area contributed by atoms with Crippen LogP contribution in [0.4, 0.5) is 5.69 Å². The molecule has 124 valence electrons. The summed E-state index contributed by atoms with van der Waals surface area (Å²) in [5.41, 5.74) is 1.65. The molecule has 1 N–H and O–H groups in total. The number of para-hydroxylation sites is 1. The van der Waals surface area contributed by atoms with Crippen molar-refractivity contribution in [2.75, 3.05) is 5.32 Å². The molecule has 0 saturated heterocycles. The highest BCUT2D eigenvalue weighted by Crippen LogP contribution is 2.21. The van der Waals surface area contributed by atoms with Crippen molar-refractivity contribution in [3.63, 3.8) is 0 Å². The molecule has 0 atom stereocenters. The topological polar surface area (TPSA) is 55.4 Å². The highest BCUT2D eigenvalue weighted by molar-refractivity contribution is 6.05. The average molecular weight is 331 g/mol. The number of carbonyl (C=O) groups excluding carboxylic acids is 2. The highest BCUT2D eigenvalue weighted by atomic mass is 16.5. The van der Waals surface area contributed by atoms with Crippen LogP contribution < -0.4 is 10.1 Å². The third-order valence-corrected chi connectivity index (χ3v) is 3.62. The Morgan fingerprint density at radius 3 is 2.12 bits per heavy atom. The van der Waals surface area contributed by atoms with Gasteiger partial charge in [0.25, 0.3) is 5.91 Å². The fourth-order valence-electron chi connectivity index (χ4n) is 2.32. The average Bonchev–Trinajstić information content (AvgIpc) is 2.63. The van der Waals surface area contributed by atoms with Crippen LogP contribution >= 0.6 is 0 Å². The molecule has 0 aliphatic rings. The summed E-state index contributed by atoms with van der Waals surface area (Å²) in [6.07, 6.45) is 0. The van der Waals surface area contributed by atoms with Crippen LogP contribution in [0.1, 0.15) is 27.6 Å². The summed E-state index contributed by atoms with van der Waals surface area (Å²) >= 11 is 0. The summed E-state index contributed by atoms with van der Waals surface area (Å²) in [5.74, 6) is 1.10. The molecule has 0 aliphatic heterocycles. The van der Waals surface area contributed by atoms with E-state index in [9.17, 15) is 9.59 Å². The summed E-state index contributed by atoms with van der Waals surface area (Å²) in [5, 5.41) is 2.79. The lowest BCUT2D eigenvalue weighted by molar-refractivity contribution is 0.101. The van der Waals surface area contributed by atoms with Crippen LogP contribution in [0.2, 0.25) is 0 Å². The molecule has 0 fully saturated rings. The zero-order valence-electron chi connectivity index (χ0n) is 13.7. The second-order valence-corrected chi connectivity index (χ2v) is 5.53. The van der Waals surface area contributed by atoms with Gasteiger partial charge in [-0.15, -0.1) is 0 Å². The lowest BCUT2D eigenvalue weighted by Crippen LogP contribution is -2.12. The minimum absolute atomic E-state index is 0.0430. The molecule has 0 heterocycles. The molecule has 4 nitrogen and oxygen atoms in total. The molecule has 3 rings (SSSR count). The molecule has 0 bridgehead atoms.